The molecule has 0 aliphatic carbocycles. The van der Waals surface area contributed by atoms with Crippen molar-refractivity contribution >= 4 is 45.9 Å². The van der Waals surface area contributed by atoms with Crippen molar-refractivity contribution in [3.63, 3.8) is 0 Å². The first-order chi connectivity index (χ1) is 23.3. The molecule has 2 aromatic carbocycles. The van der Waals surface area contributed by atoms with E-state index in [0.29, 0.717) is 49.9 Å². The first kappa shape index (κ1) is 31.1. The van der Waals surface area contributed by atoms with Gasteiger partial charge in [-0.05, 0) is 69.6 Å². The molecule has 0 bridgehead atoms. The van der Waals surface area contributed by atoms with E-state index in [4.69, 9.17) is 30.8 Å². The molecule has 12 heteroatoms. The summed E-state index contributed by atoms with van der Waals surface area (Å²) in [7, 11) is 2.10. The number of aryl methyl sites for hydroxylation is 1. The van der Waals surface area contributed by atoms with E-state index in [1.54, 1.807) is 13.0 Å². The van der Waals surface area contributed by atoms with Crippen LogP contribution in [0.25, 0.3) is 16.8 Å². The van der Waals surface area contributed by atoms with Crippen LogP contribution in [-0.4, -0.2) is 94.3 Å². The van der Waals surface area contributed by atoms with E-state index in [2.05, 4.69) is 56.2 Å². The van der Waals surface area contributed by atoms with Crippen molar-refractivity contribution in [2.45, 2.75) is 51.1 Å². The van der Waals surface area contributed by atoms with Crippen LogP contribution in [0.5, 0.6) is 6.01 Å². The van der Waals surface area contributed by atoms with Crippen molar-refractivity contribution in [1.82, 2.24) is 29.9 Å². The molecule has 48 heavy (non-hydrogen) atoms. The number of anilines is 2. The number of amides is 1. The van der Waals surface area contributed by atoms with Gasteiger partial charge in [0, 0.05) is 67.9 Å². The van der Waals surface area contributed by atoms with E-state index in [1.165, 1.54) is 37.3 Å². The number of benzene rings is 2. The highest BCUT2D eigenvalue weighted by molar-refractivity contribution is 6.36. The van der Waals surface area contributed by atoms with Crippen molar-refractivity contribution < 1.29 is 14.1 Å². The molecule has 3 saturated heterocycles. The van der Waals surface area contributed by atoms with E-state index < -0.39 is 0 Å². The number of carbonyl (C=O) groups is 1. The van der Waals surface area contributed by atoms with Crippen molar-refractivity contribution in [2.24, 2.45) is 5.92 Å². The van der Waals surface area contributed by atoms with Gasteiger partial charge >= 0.3 is 6.01 Å². The fourth-order valence-electron chi connectivity index (χ4n) is 8.14. The Morgan fingerprint density at radius 1 is 1.10 bits per heavy atom. The van der Waals surface area contributed by atoms with Crippen LogP contribution in [0.4, 0.5) is 11.5 Å². The van der Waals surface area contributed by atoms with Gasteiger partial charge in [0.1, 0.15) is 12.4 Å². The summed E-state index contributed by atoms with van der Waals surface area (Å²) in [6.07, 6.45) is 8.66. The Labute approximate surface area is 285 Å². The van der Waals surface area contributed by atoms with E-state index >= 15 is 0 Å². The molecule has 0 spiro atoms. The van der Waals surface area contributed by atoms with Gasteiger partial charge in [-0.2, -0.15) is 15.0 Å². The summed E-state index contributed by atoms with van der Waals surface area (Å²) >= 11 is 6.74. The van der Waals surface area contributed by atoms with Gasteiger partial charge in [-0.3, -0.25) is 9.69 Å². The van der Waals surface area contributed by atoms with Crippen molar-refractivity contribution in [2.75, 3.05) is 62.7 Å². The van der Waals surface area contributed by atoms with Gasteiger partial charge in [-0.1, -0.05) is 41.0 Å². The molecule has 0 unspecified atom stereocenters. The standard InChI is InChI=1S/C36H41ClN8O3/c1-24-38-31(48-41-24)11-12-32(46)44-20-25(21-44)19-42(2)34-27-13-18-43(30-10-4-8-26-7-3-9-28(37)33(26)30)22-29(27)39-35(40-34)47-23-36-14-5-16-45(36)17-6-15-36/h3-4,7-12,25H,5-6,13-23H2,1-2H3/b12-11+. The maximum Gasteiger partial charge on any atom is 0.318 e. The number of hydrogen-bond acceptors (Lipinski definition) is 10. The fourth-order valence-corrected chi connectivity index (χ4v) is 8.42. The number of rotatable bonds is 9. The second-order valence-corrected chi connectivity index (χ2v) is 14.2. The van der Waals surface area contributed by atoms with Gasteiger partial charge in [0.05, 0.1) is 22.8 Å². The van der Waals surface area contributed by atoms with Crippen LogP contribution in [0.1, 0.15) is 48.7 Å². The Balaban J connectivity index is 1.02. The second kappa shape index (κ2) is 12.7. The molecule has 4 aliphatic rings. The predicted molar refractivity (Wildman–Crippen MR) is 185 cm³/mol. The molecule has 4 aliphatic heterocycles. The highest BCUT2D eigenvalue weighted by Crippen LogP contribution is 2.40. The van der Waals surface area contributed by atoms with E-state index in [0.717, 1.165) is 65.6 Å². The molecule has 11 nitrogen and oxygen atoms in total. The molecule has 6 heterocycles. The fraction of sp³-hybridized carbons (Fsp3) is 0.472. The predicted octanol–water partition coefficient (Wildman–Crippen LogP) is 5.15. The van der Waals surface area contributed by atoms with Crippen LogP contribution in [0, 0.1) is 12.8 Å². The van der Waals surface area contributed by atoms with Crippen LogP contribution in [0.15, 0.2) is 47.0 Å². The largest absolute Gasteiger partial charge is 0.461 e. The third-order valence-corrected chi connectivity index (χ3v) is 10.9. The number of likely N-dealkylation sites (tertiary alicyclic amines) is 1. The Morgan fingerprint density at radius 3 is 2.67 bits per heavy atom. The lowest BCUT2D eigenvalue weighted by atomic mass is 9.95. The topological polar surface area (TPSA) is 104 Å². The minimum atomic E-state index is -0.0549. The summed E-state index contributed by atoms with van der Waals surface area (Å²) in [4.78, 5) is 36.1. The second-order valence-electron chi connectivity index (χ2n) is 13.8. The average Bonchev–Trinajstić information content (AvgIpc) is 3.79. The molecule has 4 aromatic rings. The molecule has 0 atom stereocenters. The molecule has 0 N–H and O–H groups in total. The highest BCUT2D eigenvalue weighted by Gasteiger charge is 2.45. The third kappa shape index (κ3) is 5.87. The quantitative estimate of drug-likeness (QED) is 0.222. The lowest BCUT2D eigenvalue weighted by Crippen LogP contribution is -2.53. The van der Waals surface area contributed by atoms with Gasteiger partial charge in [0.2, 0.25) is 5.91 Å². The van der Waals surface area contributed by atoms with Gasteiger partial charge in [0.15, 0.2) is 5.82 Å². The lowest BCUT2D eigenvalue weighted by Gasteiger charge is -2.41. The van der Waals surface area contributed by atoms with Gasteiger partial charge in [-0.15, -0.1) is 0 Å². The smallest absolute Gasteiger partial charge is 0.318 e. The van der Waals surface area contributed by atoms with Crippen LogP contribution >= 0.6 is 11.6 Å². The molecular weight excluding hydrogens is 628 g/mol. The average molecular weight is 669 g/mol. The van der Waals surface area contributed by atoms with Gasteiger partial charge < -0.3 is 24.0 Å². The Bertz CT molecular complexity index is 1860. The summed E-state index contributed by atoms with van der Waals surface area (Å²) in [5, 5.41) is 6.72. The summed E-state index contributed by atoms with van der Waals surface area (Å²) in [6.45, 7) is 8.29. The molecule has 3 fully saturated rings. The van der Waals surface area contributed by atoms with E-state index in [-0.39, 0.29) is 11.4 Å². The first-order valence-electron chi connectivity index (χ1n) is 17.0. The Kier molecular flexibility index (Phi) is 8.20. The van der Waals surface area contributed by atoms with E-state index in [9.17, 15) is 4.79 Å². The van der Waals surface area contributed by atoms with E-state index in [1.807, 2.05) is 17.0 Å². The maximum absolute atomic E-state index is 12.7. The number of hydrogen-bond donors (Lipinski definition) is 0. The number of halogens is 1. The lowest BCUT2D eigenvalue weighted by molar-refractivity contribution is -0.131. The van der Waals surface area contributed by atoms with Gasteiger partial charge in [-0.25, -0.2) is 0 Å². The zero-order valence-electron chi connectivity index (χ0n) is 27.6. The van der Waals surface area contributed by atoms with Crippen molar-refractivity contribution in [3.8, 4) is 6.01 Å². The van der Waals surface area contributed by atoms with Crippen LogP contribution in [-0.2, 0) is 17.8 Å². The number of ether oxygens (including phenoxy) is 1. The first-order valence-corrected chi connectivity index (χ1v) is 17.4. The number of nitrogens with zero attached hydrogens (tertiary/aromatic N) is 8. The zero-order chi connectivity index (χ0) is 32.8. The Morgan fingerprint density at radius 2 is 1.90 bits per heavy atom. The van der Waals surface area contributed by atoms with Crippen molar-refractivity contribution in [3.05, 3.63) is 70.5 Å². The van der Waals surface area contributed by atoms with Crippen molar-refractivity contribution in [1.29, 1.82) is 0 Å². The van der Waals surface area contributed by atoms with Gasteiger partial charge in [0.25, 0.3) is 5.89 Å². The van der Waals surface area contributed by atoms with Crippen LogP contribution in [0.2, 0.25) is 5.02 Å². The minimum Gasteiger partial charge on any atom is -0.461 e. The van der Waals surface area contributed by atoms with Crippen LogP contribution in [0.3, 0.4) is 0 Å². The zero-order valence-corrected chi connectivity index (χ0v) is 28.3. The summed E-state index contributed by atoms with van der Waals surface area (Å²) in [6, 6.07) is 12.9. The minimum absolute atomic E-state index is 0.0549. The molecule has 1 amide bonds. The number of aromatic nitrogens is 4. The number of fused-ring (bicyclic) bond motifs is 3. The summed E-state index contributed by atoms with van der Waals surface area (Å²) in [5.74, 6) is 2.07. The molecule has 250 valence electrons. The normalized spacial score (nSPS) is 19.1. The monoisotopic (exact) mass is 668 g/mol. The summed E-state index contributed by atoms with van der Waals surface area (Å²) in [5.41, 5.74) is 3.39. The SMILES string of the molecule is Cc1noc(/C=C/C(=O)N2CC(CN(C)c3nc(OCC45CCCN4CCC5)nc4c3CCN(c3cccc5cccc(Cl)c35)C4)C2)n1. The van der Waals surface area contributed by atoms with Crippen LogP contribution < -0.4 is 14.5 Å². The highest BCUT2D eigenvalue weighted by atomic mass is 35.5. The number of carbonyl (C=O) groups excluding carboxylic acids is 1. The molecule has 2 aromatic heterocycles. The third-order valence-electron chi connectivity index (χ3n) is 10.6. The maximum atomic E-state index is 12.7. The molecular formula is C36H41ClN8O3. The Hall–Kier alpha value is -4.22. The molecule has 0 saturated carbocycles. The summed E-state index contributed by atoms with van der Waals surface area (Å²) < 4.78 is 11.6. The molecule has 0 radical (unpaired) electrons. The molecule has 8 rings (SSSR count).